The molecule has 3 N–H and O–H groups in total. The average Bonchev–Trinajstić information content (AvgIpc) is 1.75. The lowest BCUT2D eigenvalue weighted by atomic mass is 10.2. The smallest absolute Gasteiger partial charge is 0.231 e. The molecular weight excluding hydrogens is 1350 g/mol. The van der Waals surface area contributed by atoms with Crippen molar-refractivity contribution in [2.24, 2.45) is 0 Å². The molecule has 0 saturated carbocycles. The summed E-state index contributed by atoms with van der Waals surface area (Å²) >= 11 is 6.94. The Morgan fingerprint density at radius 3 is 0.913 bits per heavy atom. The highest BCUT2D eigenvalue weighted by Gasteiger charge is 2.09. The van der Waals surface area contributed by atoms with Crippen LogP contribution in [0.1, 0.15) is 171 Å². The minimum atomic E-state index is 0. The maximum atomic E-state index is 5.08. The fourth-order valence-corrected chi connectivity index (χ4v) is 9.43. The van der Waals surface area contributed by atoms with Crippen molar-refractivity contribution >= 4 is 87.3 Å². The first-order valence-electron chi connectivity index (χ1n) is 32.8. The number of imidazole rings is 1. The van der Waals surface area contributed by atoms with Gasteiger partial charge in [0.25, 0.3) is 0 Å². The van der Waals surface area contributed by atoms with Crippen molar-refractivity contribution in [1.82, 2.24) is 34.9 Å². The van der Waals surface area contributed by atoms with Crippen LogP contribution in [-0.4, -0.2) is 70.1 Å². The molecule has 0 unspecified atom stereocenters. The summed E-state index contributed by atoms with van der Waals surface area (Å²) in [5, 5.41) is 15.8. The van der Waals surface area contributed by atoms with Gasteiger partial charge in [0.05, 0.1) is 11.8 Å². The van der Waals surface area contributed by atoms with Crippen LogP contribution in [0.4, 0.5) is 0 Å². The Labute approximate surface area is 646 Å². The number of nitrogens with one attached hydrogen (secondary N) is 3. The lowest BCUT2D eigenvalue weighted by Gasteiger charge is -1.89. The molecule has 14 aromatic rings. The van der Waals surface area contributed by atoms with Crippen molar-refractivity contribution < 1.29 is 18.9 Å². The van der Waals surface area contributed by atoms with E-state index in [2.05, 4.69) is 168 Å². The minimum Gasteiger partial charge on any atom is -0.454 e. The zero-order valence-electron chi connectivity index (χ0n) is 61.7. The Morgan fingerprint density at radius 2 is 0.680 bits per heavy atom. The van der Waals surface area contributed by atoms with E-state index in [9.17, 15) is 0 Å². The molecule has 0 spiro atoms. The van der Waals surface area contributed by atoms with Crippen LogP contribution in [0.3, 0.4) is 0 Å². The normalized spacial score (nSPS) is 8.14. The Morgan fingerprint density at radius 1 is 0.340 bits per heavy atom. The first-order valence-corrected chi connectivity index (χ1v) is 36.4. The minimum absolute atomic E-state index is 0. The van der Waals surface area contributed by atoms with Crippen LogP contribution in [-0.2, 0) is 9.47 Å². The molecule has 1 aliphatic rings. The number of hydrogen-bond donors (Lipinski definition) is 3. The van der Waals surface area contributed by atoms with Crippen molar-refractivity contribution in [1.29, 1.82) is 0 Å². The van der Waals surface area contributed by atoms with E-state index >= 15 is 0 Å². The highest BCUT2D eigenvalue weighted by molar-refractivity contribution is 7.17. The summed E-state index contributed by atoms with van der Waals surface area (Å²) < 4.78 is 21.4. The largest absolute Gasteiger partial charge is 0.454 e. The number of benzene rings is 5. The Bertz CT molecular complexity index is 3140. The second kappa shape index (κ2) is 91.5. The molecule has 0 fully saturated rings. The number of methoxy groups -OCH3 is 2. The third-order valence-electron chi connectivity index (χ3n) is 10.5. The topological polar surface area (TPSA) is 136 Å². The third-order valence-corrected chi connectivity index (χ3v) is 13.8. The number of hydrogen-bond acceptors (Lipinski definition) is 12. The average molecular weight is 1490 g/mol. The van der Waals surface area contributed by atoms with Gasteiger partial charge in [0.15, 0.2) is 11.5 Å². The van der Waals surface area contributed by atoms with E-state index in [4.69, 9.17) is 9.47 Å². The lowest BCUT2D eigenvalue weighted by Crippen LogP contribution is -1.92. The van der Waals surface area contributed by atoms with E-state index in [0.29, 0.717) is 6.79 Å². The van der Waals surface area contributed by atoms with Crippen molar-refractivity contribution in [3.05, 3.63) is 287 Å². The van der Waals surface area contributed by atoms with Gasteiger partial charge in [-0.3, -0.25) is 15.0 Å². The van der Waals surface area contributed by atoms with Crippen LogP contribution >= 0.6 is 45.3 Å². The highest BCUT2D eigenvalue weighted by atomic mass is 32.1. The molecule has 103 heavy (non-hydrogen) atoms. The number of aromatic amines is 3. The zero-order valence-corrected chi connectivity index (χ0v) is 64.9. The third kappa shape index (κ3) is 58.6. The van der Waals surface area contributed by atoms with Crippen molar-refractivity contribution in [3.63, 3.8) is 0 Å². The summed E-state index contributed by atoms with van der Waals surface area (Å²) in [5.41, 5.74) is 9.65. The number of para-hydroxylation sites is 4. The van der Waals surface area contributed by atoms with Crippen LogP contribution in [0, 0.1) is 27.7 Å². The summed E-state index contributed by atoms with van der Waals surface area (Å²) in [4.78, 5) is 24.1. The maximum Gasteiger partial charge on any atom is 0.231 e. The molecule has 0 amide bonds. The van der Waals surface area contributed by atoms with E-state index in [1.807, 2.05) is 233 Å². The van der Waals surface area contributed by atoms with Crippen LogP contribution in [0.5, 0.6) is 11.5 Å². The van der Waals surface area contributed by atoms with Crippen molar-refractivity contribution in [2.75, 3.05) is 35.2 Å². The quantitative estimate of drug-likeness (QED) is 0.137. The van der Waals surface area contributed by atoms with Gasteiger partial charge in [-0.2, -0.15) is 11.3 Å². The highest BCUT2D eigenvalue weighted by Crippen LogP contribution is 2.30. The standard InChI is InChI=1S/2C9H9N.2C9H8S.C7H6O2.2C5H5N.C4H4S.C3H4N2.C3H3NS.2C2H6O.7C2H6.7CH4/c4*1-7-6-10-9-5-3-2-4-8(7)9;1-2-4-7-6(3-1)8-5-9-7;2*1-2-4-6-5-3-1;1-2-4-5-3-1;2*1-2-5-3-4-1;2*1-3-2;7*1-2;;;;;;;/h2*2-6,10H,1H3;2*2-6H,1H3;1-4H,5H2;2*1-5H;1-4H;1-3H,(H,4,5);1-3H;2*1-2H3;7*1-2H3;7*1H4. The number of nitrogens with zero attached hydrogens (tertiary/aromatic N) is 4. The van der Waals surface area contributed by atoms with Gasteiger partial charge in [-0.1, -0.05) is 258 Å². The molecule has 15 rings (SSSR count). The Balaban J connectivity index is -0.0000000987. The molecular formula is C88H143N7O4S4. The zero-order chi connectivity index (χ0) is 72.5. The summed E-state index contributed by atoms with van der Waals surface area (Å²) in [6.45, 7) is 36.9. The maximum absolute atomic E-state index is 5.08. The molecule has 578 valence electrons. The molecule has 9 aromatic heterocycles. The van der Waals surface area contributed by atoms with Crippen LogP contribution in [0.2, 0.25) is 0 Å². The summed E-state index contributed by atoms with van der Waals surface area (Å²) in [7, 11) is 6.50. The lowest BCUT2D eigenvalue weighted by molar-refractivity contribution is 0.174. The van der Waals surface area contributed by atoms with Crippen LogP contribution in [0.25, 0.3) is 42.0 Å². The Hall–Kier alpha value is -8.54. The van der Waals surface area contributed by atoms with Crippen molar-refractivity contribution in [2.45, 2.75) is 177 Å². The van der Waals surface area contributed by atoms with Gasteiger partial charge >= 0.3 is 0 Å². The molecule has 11 nitrogen and oxygen atoms in total. The number of aromatic nitrogens is 7. The fourth-order valence-electron chi connectivity index (χ4n) is 6.74. The monoisotopic (exact) mass is 1490 g/mol. The molecule has 0 atom stereocenters. The number of pyridine rings is 2. The molecule has 5 aromatic carbocycles. The SMILES string of the molecule is C.C.C.C.C.C.C.CC.CC.CC.CC.CC.CC.CC.COC.COC.Cc1c[nH]c2ccccc12.Cc1c[nH]c2ccccc12.Cc1csc2ccccc12.Cc1csc2ccccc12.c1c[nH]cn1.c1ccc2c(c1)OCO2.c1ccncc1.c1ccncc1.c1ccsc1.c1cscn1. The number of fused-ring (bicyclic) bond motifs is 5. The van der Waals surface area contributed by atoms with Gasteiger partial charge in [0.1, 0.15) is 0 Å². The predicted molar refractivity (Wildman–Crippen MR) is 478 cm³/mol. The predicted octanol–water partition coefficient (Wildman–Crippen LogP) is 30.4. The molecule has 15 heteroatoms. The number of H-pyrrole nitrogens is 3. The van der Waals surface area contributed by atoms with Gasteiger partial charge in [-0.25, -0.2) is 4.98 Å². The van der Waals surface area contributed by atoms with E-state index in [1.54, 1.807) is 106 Å². The van der Waals surface area contributed by atoms with E-state index < -0.39 is 0 Å². The number of thiazole rings is 1. The molecule has 0 radical (unpaired) electrons. The number of rotatable bonds is 0. The number of ether oxygens (including phenoxy) is 4. The first kappa shape index (κ1) is 118. The molecule has 0 saturated heterocycles. The summed E-state index contributed by atoms with van der Waals surface area (Å²) in [5.74, 6) is 1.69. The Kier molecular flexibility index (Phi) is 105. The van der Waals surface area contributed by atoms with Crippen LogP contribution < -0.4 is 9.47 Å². The van der Waals surface area contributed by atoms with E-state index in [0.717, 1.165) is 11.5 Å². The second-order valence-corrected chi connectivity index (χ2v) is 20.2. The number of thiophene rings is 3. The summed E-state index contributed by atoms with van der Waals surface area (Å²) in [6, 6.07) is 56.7. The van der Waals surface area contributed by atoms with E-state index in [1.165, 1.54) is 64.2 Å². The second-order valence-electron chi connectivity index (χ2n) is 16.8. The first-order chi connectivity index (χ1) is 47.3. The molecule has 1 aliphatic heterocycles. The fraction of sp³-hybridized carbons (Fsp3) is 0.341. The molecule has 0 bridgehead atoms. The van der Waals surface area contributed by atoms with Gasteiger partial charge in [-0.15, -0.1) is 34.0 Å². The van der Waals surface area contributed by atoms with Gasteiger partial charge in [-0.05, 0) is 143 Å². The van der Waals surface area contributed by atoms with Gasteiger partial charge < -0.3 is 33.9 Å². The van der Waals surface area contributed by atoms with Gasteiger partial charge in [0.2, 0.25) is 6.79 Å². The van der Waals surface area contributed by atoms with Gasteiger partial charge in [0, 0.05) is 121 Å². The van der Waals surface area contributed by atoms with Crippen molar-refractivity contribution in [3.8, 4) is 11.5 Å². The molecule has 0 aliphatic carbocycles. The summed E-state index contributed by atoms with van der Waals surface area (Å²) in [6.07, 6.45) is 17.9. The van der Waals surface area contributed by atoms with Crippen LogP contribution in [0.15, 0.2) is 264 Å². The molecule has 10 heterocycles. The number of aryl methyl sites for hydroxylation is 4. The van der Waals surface area contributed by atoms with E-state index in [-0.39, 0.29) is 52.0 Å².